The molecule has 0 aromatic carbocycles. The molecule has 3 heteroatoms. The van der Waals surface area contributed by atoms with Gasteiger partial charge >= 0.3 is 0 Å². The summed E-state index contributed by atoms with van der Waals surface area (Å²) >= 11 is 0. The normalized spacial score (nSPS) is 16.3. The van der Waals surface area contributed by atoms with Crippen LogP contribution in [0.3, 0.4) is 0 Å². The molecule has 0 radical (unpaired) electrons. The highest BCUT2D eigenvalue weighted by Gasteiger charge is 2.16. The van der Waals surface area contributed by atoms with Gasteiger partial charge in [-0.05, 0) is 18.4 Å². The van der Waals surface area contributed by atoms with Gasteiger partial charge in [-0.2, -0.15) is 0 Å². The lowest BCUT2D eigenvalue weighted by molar-refractivity contribution is 0.0952. The predicted octanol–water partition coefficient (Wildman–Crippen LogP) is 2.37. The number of anilines is 1. The fourth-order valence-corrected chi connectivity index (χ4v) is 1.79. The second-order valence-corrected chi connectivity index (χ2v) is 4.19. The van der Waals surface area contributed by atoms with E-state index in [1.165, 1.54) is 25.7 Å². The molecular weight excluding hydrogens is 188 g/mol. The van der Waals surface area contributed by atoms with E-state index < -0.39 is 0 Å². The van der Waals surface area contributed by atoms with E-state index in [4.69, 9.17) is 10.5 Å². The van der Waals surface area contributed by atoms with Crippen LogP contribution in [0.15, 0.2) is 18.3 Å². The molecule has 3 nitrogen and oxygen atoms in total. The topological polar surface area (TPSA) is 48.1 Å². The second-order valence-electron chi connectivity index (χ2n) is 4.19. The molecule has 0 aliphatic heterocycles. The van der Waals surface area contributed by atoms with Crippen molar-refractivity contribution >= 4 is 5.82 Å². The Morgan fingerprint density at radius 2 is 2.33 bits per heavy atom. The van der Waals surface area contributed by atoms with Gasteiger partial charge in [-0.15, -0.1) is 0 Å². The highest BCUT2D eigenvalue weighted by molar-refractivity contribution is 5.37. The fourth-order valence-electron chi connectivity index (χ4n) is 1.79. The van der Waals surface area contributed by atoms with E-state index >= 15 is 0 Å². The first-order valence-electron chi connectivity index (χ1n) is 5.63. The molecule has 1 aliphatic rings. The minimum absolute atomic E-state index is 0.584. The average molecular weight is 206 g/mol. The summed E-state index contributed by atoms with van der Waals surface area (Å²) < 4.78 is 5.59. The van der Waals surface area contributed by atoms with Crippen LogP contribution < -0.4 is 5.73 Å². The van der Waals surface area contributed by atoms with E-state index in [1.807, 2.05) is 12.1 Å². The number of pyridine rings is 1. The molecule has 0 atom stereocenters. The molecule has 1 saturated carbocycles. The molecule has 0 unspecified atom stereocenters. The zero-order valence-electron chi connectivity index (χ0n) is 8.98. The van der Waals surface area contributed by atoms with E-state index in [0.717, 1.165) is 18.1 Å². The number of hydrogen-bond donors (Lipinski definition) is 1. The van der Waals surface area contributed by atoms with Crippen molar-refractivity contribution in [1.29, 1.82) is 0 Å². The van der Waals surface area contributed by atoms with E-state index in [9.17, 15) is 0 Å². The molecule has 1 heterocycles. The first-order valence-corrected chi connectivity index (χ1v) is 5.63. The van der Waals surface area contributed by atoms with Crippen LogP contribution in [-0.4, -0.2) is 11.6 Å². The Morgan fingerprint density at radius 1 is 1.47 bits per heavy atom. The minimum Gasteiger partial charge on any atom is -0.383 e. The first-order chi connectivity index (χ1) is 7.36. The van der Waals surface area contributed by atoms with Gasteiger partial charge in [-0.1, -0.05) is 25.3 Å². The van der Waals surface area contributed by atoms with Gasteiger partial charge in [0, 0.05) is 18.4 Å². The number of ether oxygens (including phenoxy) is 1. The van der Waals surface area contributed by atoms with Crippen molar-refractivity contribution in [3.8, 4) is 0 Å². The second kappa shape index (κ2) is 5.12. The molecule has 1 aromatic heterocycles. The largest absolute Gasteiger partial charge is 0.383 e. The number of nitrogens with two attached hydrogens (primary N) is 1. The van der Waals surface area contributed by atoms with Gasteiger partial charge in [0.05, 0.1) is 6.61 Å². The Labute approximate surface area is 90.7 Å². The summed E-state index contributed by atoms with van der Waals surface area (Å²) in [4.78, 5) is 4.02. The molecule has 0 saturated heterocycles. The quantitative estimate of drug-likeness (QED) is 0.752. The third-order valence-corrected chi connectivity index (χ3v) is 3.08. The molecule has 1 aromatic rings. The van der Waals surface area contributed by atoms with Crippen molar-refractivity contribution in [3.05, 3.63) is 23.9 Å². The van der Waals surface area contributed by atoms with Crippen LogP contribution in [0.25, 0.3) is 0 Å². The van der Waals surface area contributed by atoms with Crippen LogP contribution in [0, 0.1) is 5.92 Å². The minimum atomic E-state index is 0.584. The van der Waals surface area contributed by atoms with Crippen LogP contribution >= 0.6 is 0 Å². The Bertz CT molecular complexity index is 310. The lowest BCUT2D eigenvalue weighted by atomic mass is 9.83. The van der Waals surface area contributed by atoms with Crippen LogP contribution in [0.4, 0.5) is 5.82 Å². The first kappa shape index (κ1) is 10.4. The van der Waals surface area contributed by atoms with Crippen molar-refractivity contribution in [2.24, 2.45) is 5.92 Å². The molecule has 0 bridgehead atoms. The third-order valence-electron chi connectivity index (χ3n) is 3.08. The summed E-state index contributed by atoms with van der Waals surface area (Å²) in [5.74, 6) is 1.50. The Morgan fingerprint density at radius 3 is 3.00 bits per heavy atom. The zero-order valence-corrected chi connectivity index (χ0v) is 8.98. The third kappa shape index (κ3) is 2.93. The number of nitrogens with zero attached hydrogens (tertiary/aromatic N) is 1. The van der Waals surface area contributed by atoms with Gasteiger partial charge in [0.1, 0.15) is 5.82 Å². The fraction of sp³-hybridized carbons (Fsp3) is 0.583. The van der Waals surface area contributed by atoms with Gasteiger partial charge in [-0.25, -0.2) is 4.98 Å². The summed E-state index contributed by atoms with van der Waals surface area (Å²) in [5.41, 5.74) is 6.70. The Kier molecular flexibility index (Phi) is 3.56. The summed E-state index contributed by atoms with van der Waals surface area (Å²) in [6.07, 6.45) is 7.07. The summed E-state index contributed by atoms with van der Waals surface area (Å²) in [5, 5.41) is 0. The number of nitrogen functional groups attached to an aromatic ring is 1. The molecule has 2 rings (SSSR count). The van der Waals surface area contributed by atoms with Gasteiger partial charge in [0.25, 0.3) is 0 Å². The van der Waals surface area contributed by atoms with E-state index in [0.29, 0.717) is 12.4 Å². The van der Waals surface area contributed by atoms with Gasteiger partial charge in [0.15, 0.2) is 0 Å². The molecule has 82 valence electrons. The Hall–Kier alpha value is -1.09. The molecule has 0 spiro atoms. The lowest BCUT2D eigenvalue weighted by Crippen LogP contribution is -2.13. The summed E-state index contributed by atoms with van der Waals surface area (Å²) in [6, 6.07) is 3.85. The van der Waals surface area contributed by atoms with Gasteiger partial charge in [0.2, 0.25) is 0 Å². The lowest BCUT2D eigenvalue weighted by Gasteiger charge is -2.24. The van der Waals surface area contributed by atoms with Crippen LogP contribution in [0.1, 0.15) is 31.2 Å². The maximum Gasteiger partial charge on any atom is 0.128 e. The van der Waals surface area contributed by atoms with E-state index in [1.54, 1.807) is 6.20 Å². The van der Waals surface area contributed by atoms with Crippen molar-refractivity contribution in [2.75, 3.05) is 12.3 Å². The molecular formula is C12H18N2O. The van der Waals surface area contributed by atoms with Crippen molar-refractivity contribution < 1.29 is 4.74 Å². The van der Waals surface area contributed by atoms with Gasteiger partial charge in [-0.3, -0.25) is 0 Å². The van der Waals surface area contributed by atoms with Crippen molar-refractivity contribution in [1.82, 2.24) is 4.98 Å². The molecule has 1 fully saturated rings. The molecule has 0 amide bonds. The zero-order chi connectivity index (χ0) is 10.5. The van der Waals surface area contributed by atoms with Crippen molar-refractivity contribution in [2.45, 2.75) is 32.3 Å². The number of hydrogen-bond acceptors (Lipinski definition) is 3. The van der Waals surface area contributed by atoms with E-state index in [2.05, 4.69) is 4.98 Å². The summed E-state index contributed by atoms with van der Waals surface area (Å²) in [7, 11) is 0. The highest BCUT2D eigenvalue weighted by atomic mass is 16.5. The molecule has 15 heavy (non-hydrogen) atoms. The maximum absolute atomic E-state index is 5.71. The predicted molar refractivity (Wildman–Crippen MR) is 60.3 cm³/mol. The van der Waals surface area contributed by atoms with Crippen LogP contribution in [0.5, 0.6) is 0 Å². The Balaban J connectivity index is 1.66. The van der Waals surface area contributed by atoms with Gasteiger partial charge < -0.3 is 10.5 Å². The molecule has 1 aliphatic carbocycles. The summed E-state index contributed by atoms with van der Waals surface area (Å²) in [6.45, 7) is 1.44. The number of aromatic nitrogens is 1. The van der Waals surface area contributed by atoms with Crippen LogP contribution in [-0.2, 0) is 11.3 Å². The van der Waals surface area contributed by atoms with E-state index in [-0.39, 0.29) is 0 Å². The average Bonchev–Trinajstić information content (AvgIpc) is 2.17. The maximum atomic E-state index is 5.71. The monoisotopic (exact) mass is 206 g/mol. The number of rotatable bonds is 5. The van der Waals surface area contributed by atoms with Crippen molar-refractivity contribution in [3.63, 3.8) is 0 Å². The SMILES string of the molecule is Nc1ncccc1COCCC1CCC1. The highest BCUT2D eigenvalue weighted by Crippen LogP contribution is 2.29. The van der Waals surface area contributed by atoms with Crippen LogP contribution in [0.2, 0.25) is 0 Å². The standard InChI is InChI=1S/C12H18N2O/c13-12-11(5-2-7-14-12)9-15-8-6-10-3-1-4-10/h2,5,7,10H,1,3-4,6,8-9H2,(H2,13,14). The molecule has 2 N–H and O–H groups in total. The smallest absolute Gasteiger partial charge is 0.128 e.